The zero-order valence-electron chi connectivity index (χ0n) is 21.5. The van der Waals surface area contributed by atoms with Crippen molar-refractivity contribution in [3.63, 3.8) is 0 Å². The Morgan fingerprint density at radius 3 is 2.58 bits per heavy atom. The maximum atomic E-state index is 11.7. The lowest BCUT2D eigenvalue weighted by Crippen LogP contribution is -2.30. The summed E-state index contributed by atoms with van der Waals surface area (Å²) in [5.41, 5.74) is 7.53. The number of hydrogen-bond acceptors (Lipinski definition) is 6. The largest absolute Gasteiger partial charge is 0.489 e. The highest BCUT2D eigenvalue weighted by atomic mass is 32.2. The molecule has 3 atom stereocenters. The van der Waals surface area contributed by atoms with Gasteiger partial charge in [0, 0.05) is 23.2 Å². The van der Waals surface area contributed by atoms with Gasteiger partial charge in [-0.2, -0.15) is 0 Å². The average Bonchev–Trinajstić information content (AvgIpc) is 3.47. The first kappa shape index (κ1) is 24.9. The Labute approximate surface area is 222 Å². The van der Waals surface area contributed by atoms with E-state index < -0.39 is 15.8 Å². The van der Waals surface area contributed by atoms with Gasteiger partial charge < -0.3 is 14.6 Å². The molecule has 2 heterocycles. The predicted octanol–water partition coefficient (Wildman–Crippen LogP) is 4.87. The lowest BCUT2D eigenvalue weighted by molar-refractivity contribution is -0.139. The number of aromatic nitrogens is 1. The Balaban J connectivity index is 1.13. The van der Waals surface area contributed by atoms with Crippen LogP contribution in [-0.2, 0) is 27.7 Å². The fraction of sp³-hybridized carbons (Fsp3) is 0.400. The molecule has 1 aliphatic heterocycles. The Kier molecular flexibility index (Phi) is 6.17. The molecule has 198 valence electrons. The van der Waals surface area contributed by atoms with Crippen LogP contribution in [0.3, 0.4) is 0 Å². The third-order valence-electron chi connectivity index (χ3n) is 8.36. The van der Waals surface area contributed by atoms with Crippen molar-refractivity contribution >= 4 is 15.8 Å². The Morgan fingerprint density at radius 2 is 1.84 bits per heavy atom. The van der Waals surface area contributed by atoms with Crippen LogP contribution < -0.4 is 9.47 Å². The van der Waals surface area contributed by atoms with E-state index in [-0.39, 0.29) is 35.4 Å². The number of ether oxygens (including phenoxy) is 2. The highest BCUT2D eigenvalue weighted by molar-refractivity contribution is 7.91. The number of sulfone groups is 1. The molecule has 6 rings (SSSR count). The molecular formula is C30H31NO6S. The van der Waals surface area contributed by atoms with Crippen molar-refractivity contribution in [2.75, 3.05) is 11.5 Å². The van der Waals surface area contributed by atoms with Crippen LogP contribution in [0.2, 0.25) is 0 Å². The van der Waals surface area contributed by atoms with Gasteiger partial charge >= 0.3 is 5.97 Å². The molecule has 1 saturated heterocycles. The van der Waals surface area contributed by atoms with Gasteiger partial charge in [-0.25, -0.2) is 13.4 Å². The van der Waals surface area contributed by atoms with Crippen molar-refractivity contribution in [1.82, 2.24) is 4.98 Å². The highest BCUT2D eigenvalue weighted by Gasteiger charge is 2.59. The van der Waals surface area contributed by atoms with Crippen LogP contribution in [0.25, 0.3) is 11.1 Å². The third-order valence-corrected chi connectivity index (χ3v) is 10.1. The van der Waals surface area contributed by atoms with Gasteiger partial charge in [0.15, 0.2) is 9.84 Å². The molecule has 0 amide bonds. The summed E-state index contributed by atoms with van der Waals surface area (Å²) < 4.78 is 35.5. The summed E-state index contributed by atoms with van der Waals surface area (Å²) in [6.45, 7) is 4.48. The predicted molar refractivity (Wildman–Crippen MR) is 143 cm³/mol. The second kappa shape index (κ2) is 9.42. The van der Waals surface area contributed by atoms with Crippen molar-refractivity contribution in [1.29, 1.82) is 0 Å². The van der Waals surface area contributed by atoms with Gasteiger partial charge in [0.05, 0.1) is 17.4 Å². The van der Waals surface area contributed by atoms with Crippen LogP contribution in [0.4, 0.5) is 0 Å². The first-order chi connectivity index (χ1) is 18.2. The van der Waals surface area contributed by atoms with E-state index in [1.165, 1.54) is 5.56 Å². The summed E-state index contributed by atoms with van der Waals surface area (Å²) in [5.74, 6) is 1.17. The number of aliphatic carboxylic acids is 1. The summed E-state index contributed by atoms with van der Waals surface area (Å²) in [7, 11) is -2.93. The van der Waals surface area contributed by atoms with E-state index in [1.807, 2.05) is 37.3 Å². The van der Waals surface area contributed by atoms with Crippen LogP contribution in [0.1, 0.15) is 46.7 Å². The number of pyridine rings is 1. The van der Waals surface area contributed by atoms with Gasteiger partial charge in [-0.15, -0.1) is 0 Å². The standard InChI is InChI=1S/C30H31NO6S/c1-17-19(16-36-22-6-7-25-20(14-22)15-26-28(25)29(26)30(32)33)4-3-5-23(17)24-8-9-27(31-18(24)2)37-21-10-12-38(34,35)13-11-21/h3-9,14,21,26,28-29H,10-13,15-16H2,1-2H3,(H,32,33). The van der Waals surface area contributed by atoms with Crippen LogP contribution in [0, 0.1) is 25.7 Å². The summed E-state index contributed by atoms with van der Waals surface area (Å²) in [6.07, 6.45) is 1.69. The fourth-order valence-electron chi connectivity index (χ4n) is 6.15. The molecule has 1 saturated carbocycles. The topological polar surface area (TPSA) is 103 Å². The second-order valence-corrected chi connectivity index (χ2v) is 13.1. The molecule has 0 radical (unpaired) electrons. The fourth-order valence-corrected chi connectivity index (χ4v) is 7.60. The second-order valence-electron chi connectivity index (χ2n) is 10.7. The Bertz CT molecular complexity index is 1520. The summed E-state index contributed by atoms with van der Waals surface area (Å²) in [6, 6.07) is 16.1. The van der Waals surface area contributed by atoms with Gasteiger partial charge in [0.2, 0.25) is 5.88 Å². The van der Waals surface area contributed by atoms with E-state index >= 15 is 0 Å². The summed E-state index contributed by atoms with van der Waals surface area (Å²) >= 11 is 0. The number of rotatable bonds is 7. The molecular weight excluding hydrogens is 502 g/mol. The molecule has 1 aromatic heterocycles. The van der Waals surface area contributed by atoms with Crippen molar-refractivity contribution in [3.8, 4) is 22.8 Å². The number of carboxylic acids is 1. The van der Waals surface area contributed by atoms with E-state index in [1.54, 1.807) is 0 Å². The summed E-state index contributed by atoms with van der Waals surface area (Å²) in [5, 5.41) is 9.34. The zero-order valence-corrected chi connectivity index (χ0v) is 22.3. The smallest absolute Gasteiger partial charge is 0.307 e. The van der Waals surface area contributed by atoms with E-state index in [9.17, 15) is 18.3 Å². The molecule has 2 fully saturated rings. The molecule has 1 N–H and O–H groups in total. The number of nitrogens with zero attached hydrogens (tertiary/aromatic N) is 1. The quantitative estimate of drug-likeness (QED) is 0.462. The molecule has 8 heteroatoms. The first-order valence-electron chi connectivity index (χ1n) is 13.1. The molecule has 2 aromatic carbocycles. The number of carbonyl (C=O) groups is 1. The lowest BCUT2D eigenvalue weighted by Gasteiger charge is -2.23. The minimum absolute atomic E-state index is 0.123. The molecule has 7 nitrogen and oxygen atoms in total. The first-order valence-corrected chi connectivity index (χ1v) is 14.9. The number of hydrogen-bond donors (Lipinski definition) is 1. The Morgan fingerprint density at radius 1 is 1.05 bits per heavy atom. The van der Waals surface area contributed by atoms with Crippen molar-refractivity contribution in [2.24, 2.45) is 11.8 Å². The number of benzene rings is 2. The van der Waals surface area contributed by atoms with Crippen LogP contribution >= 0.6 is 0 Å². The average molecular weight is 534 g/mol. The van der Waals surface area contributed by atoms with Crippen molar-refractivity contribution in [2.45, 2.75) is 51.7 Å². The van der Waals surface area contributed by atoms with Crippen LogP contribution in [0.5, 0.6) is 11.6 Å². The normalized spacial score (nSPS) is 23.4. The molecule has 38 heavy (non-hydrogen) atoms. The lowest BCUT2D eigenvalue weighted by atomic mass is 9.96. The van der Waals surface area contributed by atoms with Gasteiger partial charge in [-0.3, -0.25) is 4.79 Å². The van der Waals surface area contributed by atoms with E-state index in [0.29, 0.717) is 25.3 Å². The zero-order chi connectivity index (χ0) is 26.6. The monoisotopic (exact) mass is 533 g/mol. The SMILES string of the molecule is Cc1nc(OC2CCS(=O)(=O)CC2)ccc1-c1cccc(COc2ccc3c(c2)CC2C(C(=O)O)C32)c1C. The number of carboxylic acid groups (broad SMARTS) is 1. The highest BCUT2D eigenvalue weighted by Crippen LogP contribution is 2.61. The Hall–Kier alpha value is -3.39. The van der Waals surface area contributed by atoms with Crippen molar-refractivity contribution < 1.29 is 27.8 Å². The summed E-state index contributed by atoms with van der Waals surface area (Å²) in [4.78, 5) is 16.0. The minimum atomic E-state index is -2.93. The molecule has 0 spiro atoms. The molecule has 3 aliphatic rings. The number of fused-ring (bicyclic) bond motifs is 3. The van der Waals surface area contributed by atoms with Gasteiger partial charge in [0.25, 0.3) is 0 Å². The van der Waals surface area contributed by atoms with Gasteiger partial charge in [0.1, 0.15) is 18.5 Å². The third kappa shape index (κ3) is 4.66. The van der Waals surface area contributed by atoms with Crippen LogP contribution in [0.15, 0.2) is 48.5 Å². The van der Waals surface area contributed by atoms with E-state index in [0.717, 1.165) is 45.7 Å². The van der Waals surface area contributed by atoms with E-state index in [2.05, 4.69) is 30.1 Å². The van der Waals surface area contributed by atoms with E-state index in [4.69, 9.17) is 9.47 Å². The van der Waals surface area contributed by atoms with Crippen LogP contribution in [-0.4, -0.2) is 42.1 Å². The maximum absolute atomic E-state index is 11.7. The maximum Gasteiger partial charge on any atom is 0.307 e. The van der Waals surface area contributed by atoms with Crippen molar-refractivity contribution in [3.05, 3.63) is 76.5 Å². The molecule has 3 unspecified atom stereocenters. The number of aryl methyl sites for hydroxylation is 1. The minimum Gasteiger partial charge on any atom is -0.489 e. The van der Waals surface area contributed by atoms with Gasteiger partial charge in [-0.1, -0.05) is 24.3 Å². The molecule has 3 aromatic rings. The molecule has 0 bridgehead atoms. The van der Waals surface area contributed by atoms with Gasteiger partial charge in [-0.05, 0) is 85.0 Å². The molecule has 2 aliphatic carbocycles.